The van der Waals surface area contributed by atoms with Gasteiger partial charge in [0.2, 0.25) is 0 Å². The molecule has 0 aliphatic rings. The van der Waals surface area contributed by atoms with E-state index in [1.54, 1.807) is 12.1 Å². The minimum absolute atomic E-state index is 0.0110. The Hall–Kier alpha value is -4.56. The smallest absolute Gasteiger partial charge is 0.278 e. The van der Waals surface area contributed by atoms with E-state index in [1.807, 2.05) is 73.7 Å². The summed E-state index contributed by atoms with van der Waals surface area (Å²) < 4.78 is 0. The van der Waals surface area contributed by atoms with Crippen molar-refractivity contribution in [3.8, 4) is 34.8 Å². The van der Waals surface area contributed by atoms with Gasteiger partial charge in [0.1, 0.15) is 0 Å². The predicted octanol–water partition coefficient (Wildman–Crippen LogP) is 7.65. The molecule has 196 valence electrons. The first-order valence-electron chi connectivity index (χ1n) is 12.2. The summed E-state index contributed by atoms with van der Waals surface area (Å²) in [6, 6.07) is 25.3. The molecule has 4 aromatic carbocycles. The fraction of sp³-hybridized carbons (Fsp3) is 0.0909. The molecule has 0 unspecified atom stereocenters. The van der Waals surface area contributed by atoms with E-state index in [9.17, 15) is 19.7 Å². The van der Waals surface area contributed by atoms with Gasteiger partial charge in [0.15, 0.2) is 10.2 Å². The van der Waals surface area contributed by atoms with Gasteiger partial charge in [0.05, 0.1) is 10.5 Å². The molecule has 0 N–H and O–H groups in total. The van der Waals surface area contributed by atoms with Crippen LogP contribution < -0.4 is 0 Å². The molecule has 0 atom stereocenters. The Balaban J connectivity index is 1.55. The summed E-state index contributed by atoms with van der Waals surface area (Å²) in [7, 11) is 0. The maximum Gasteiger partial charge on any atom is 0.278 e. The third-order valence-electron chi connectivity index (χ3n) is 5.65. The van der Waals surface area contributed by atoms with Gasteiger partial charge in [-0.2, -0.15) is 0 Å². The summed E-state index contributed by atoms with van der Waals surface area (Å²) >= 11 is 2.33. The molecule has 0 fully saturated rings. The molecule has 0 aromatic heterocycles. The van der Waals surface area contributed by atoms with Crippen LogP contribution in [-0.2, 0) is 9.59 Å². The third-order valence-corrected chi connectivity index (χ3v) is 7.24. The topological polar surface area (TPSA) is 77.3 Å². The van der Waals surface area contributed by atoms with Gasteiger partial charge in [-0.3, -0.25) is 19.7 Å². The summed E-state index contributed by atoms with van der Waals surface area (Å²) in [4.78, 5) is 35.8. The SMILES string of the molecule is CC(=O)Sc1ccc(C#Cc2ccc(-c3ccc(C#Cc4ccc(SC(C)=O)cc4)cc3[N+](=O)[O-])c(C)c2)cc1. The number of carbonyl (C=O) groups is 2. The molecule has 5 nitrogen and oxygen atoms in total. The lowest BCUT2D eigenvalue weighted by Gasteiger charge is -2.08. The standard InChI is InChI=1S/C33H23NO4S2/c1-22-20-27(6-4-25-8-14-29(15-9-25)39-23(2)35)12-18-31(22)32-19-13-28(21-33(32)34(37)38)7-5-26-10-16-30(17-11-26)40-24(3)36/h8-21H,1-3H3. The van der Waals surface area contributed by atoms with Crippen LogP contribution in [0.1, 0.15) is 41.7 Å². The lowest BCUT2D eigenvalue weighted by molar-refractivity contribution is -0.384. The number of nitro benzene ring substituents is 1. The molecule has 0 bridgehead atoms. The van der Waals surface area contributed by atoms with Crippen LogP contribution in [0.3, 0.4) is 0 Å². The van der Waals surface area contributed by atoms with Gasteiger partial charge < -0.3 is 0 Å². The second kappa shape index (κ2) is 13.0. The molecule has 0 saturated heterocycles. The van der Waals surface area contributed by atoms with E-state index in [0.717, 1.165) is 49.4 Å². The minimum Gasteiger partial charge on any atom is -0.287 e. The van der Waals surface area contributed by atoms with E-state index < -0.39 is 4.92 Å². The summed E-state index contributed by atoms with van der Waals surface area (Å²) in [5.41, 5.74) is 5.01. The number of nitrogens with zero attached hydrogens (tertiary/aromatic N) is 1. The highest BCUT2D eigenvalue weighted by atomic mass is 32.2. The second-order valence-electron chi connectivity index (χ2n) is 8.75. The lowest BCUT2D eigenvalue weighted by Crippen LogP contribution is -1.95. The van der Waals surface area contributed by atoms with Crippen LogP contribution in [0.4, 0.5) is 5.69 Å². The summed E-state index contributed by atoms with van der Waals surface area (Å²) in [5, 5.41) is 12.0. The van der Waals surface area contributed by atoms with Crippen LogP contribution in [0.5, 0.6) is 0 Å². The molecule has 4 rings (SSSR count). The fourth-order valence-electron chi connectivity index (χ4n) is 3.87. The van der Waals surface area contributed by atoms with E-state index in [2.05, 4.69) is 23.7 Å². The average Bonchev–Trinajstić information content (AvgIpc) is 2.92. The van der Waals surface area contributed by atoms with Crippen molar-refractivity contribution in [1.82, 2.24) is 0 Å². The molecule has 0 saturated carbocycles. The third kappa shape index (κ3) is 7.74. The van der Waals surface area contributed by atoms with Gasteiger partial charge in [-0.15, -0.1) is 0 Å². The predicted molar refractivity (Wildman–Crippen MR) is 161 cm³/mol. The Morgan fingerprint density at radius 3 is 1.45 bits per heavy atom. The van der Waals surface area contributed by atoms with Crippen LogP contribution in [0.25, 0.3) is 11.1 Å². The van der Waals surface area contributed by atoms with Crippen molar-refractivity contribution in [2.45, 2.75) is 30.6 Å². The molecular weight excluding hydrogens is 539 g/mol. The first-order valence-corrected chi connectivity index (χ1v) is 13.8. The Morgan fingerprint density at radius 1 is 0.625 bits per heavy atom. The fourth-order valence-corrected chi connectivity index (χ4v) is 5.07. The van der Waals surface area contributed by atoms with E-state index in [0.29, 0.717) is 11.1 Å². The number of aryl methyl sites for hydroxylation is 1. The number of thioether (sulfide) groups is 2. The Morgan fingerprint density at radius 2 is 1.02 bits per heavy atom. The van der Waals surface area contributed by atoms with Crippen molar-refractivity contribution in [3.05, 3.63) is 123 Å². The Labute approximate surface area is 241 Å². The maximum absolute atomic E-state index is 12.0. The highest BCUT2D eigenvalue weighted by Crippen LogP contribution is 2.33. The van der Waals surface area contributed by atoms with E-state index in [1.165, 1.54) is 31.7 Å². The molecule has 7 heteroatoms. The zero-order valence-electron chi connectivity index (χ0n) is 22.0. The van der Waals surface area contributed by atoms with Crippen LogP contribution >= 0.6 is 23.5 Å². The quantitative estimate of drug-likeness (QED) is 0.110. The number of nitro groups is 1. The summed E-state index contributed by atoms with van der Waals surface area (Å²) in [6.45, 7) is 4.94. The first-order chi connectivity index (χ1) is 19.2. The zero-order valence-corrected chi connectivity index (χ0v) is 23.6. The molecule has 0 amide bonds. The van der Waals surface area contributed by atoms with Crippen LogP contribution in [0.2, 0.25) is 0 Å². The minimum atomic E-state index is -0.393. The monoisotopic (exact) mass is 561 g/mol. The highest BCUT2D eigenvalue weighted by molar-refractivity contribution is 8.13. The van der Waals surface area contributed by atoms with Crippen molar-refractivity contribution in [2.75, 3.05) is 0 Å². The summed E-state index contributed by atoms with van der Waals surface area (Å²) in [5.74, 6) is 12.3. The molecule has 0 aliphatic carbocycles. The van der Waals surface area contributed by atoms with Gasteiger partial charge >= 0.3 is 0 Å². The van der Waals surface area contributed by atoms with E-state index >= 15 is 0 Å². The Bertz CT molecular complexity index is 1740. The Kier molecular flexibility index (Phi) is 9.24. The number of hydrogen-bond donors (Lipinski definition) is 0. The number of benzene rings is 4. The maximum atomic E-state index is 12.0. The van der Waals surface area contributed by atoms with Crippen molar-refractivity contribution >= 4 is 39.4 Å². The van der Waals surface area contributed by atoms with Crippen molar-refractivity contribution < 1.29 is 14.5 Å². The van der Waals surface area contributed by atoms with Gasteiger partial charge in [-0.25, -0.2) is 0 Å². The number of hydrogen-bond acceptors (Lipinski definition) is 6. The van der Waals surface area contributed by atoms with Gasteiger partial charge in [-0.1, -0.05) is 53.3 Å². The second-order valence-corrected chi connectivity index (χ2v) is 11.3. The van der Waals surface area contributed by atoms with Crippen molar-refractivity contribution in [3.63, 3.8) is 0 Å². The number of carbonyl (C=O) groups excluding carboxylic acids is 2. The molecule has 0 radical (unpaired) electrons. The normalized spacial score (nSPS) is 10.1. The zero-order chi connectivity index (χ0) is 28.6. The van der Waals surface area contributed by atoms with E-state index in [4.69, 9.17) is 0 Å². The average molecular weight is 562 g/mol. The molecular formula is C33H23NO4S2. The van der Waals surface area contributed by atoms with Gasteiger partial charge in [0, 0.05) is 52.0 Å². The van der Waals surface area contributed by atoms with Crippen molar-refractivity contribution in [1.29, 1.82) is 0 Å². The summed E-state index contributed by atoms with van der Waals surface area (Å²) in [6.07, 6.45) is 0. The highest BCUT2D eigenvalue weighted by Gasteiger charge is 2.17. The lowest BCUT2D eigenvalue weighted by atomic mass is 9.96. The molecule has 0 spiro atoms. The molecule has 0 heterocycles. The molecule has 4 aromatic rings. The van der Waals surface area contributed by atoms with Gasteiger partial charge in [0.25, 0.3) is 5.69 Å². The van der Waals surface area contributed by atoms with E-state index in [-0.39, 0.29) is 15.9 Å². The first kappa shape index (κ1) is 28.4. The molecule has 0 aliphatic heterocycles. The van der Waals surface area contributed by atoms with Crippen LogP contribution in [-0.4, -0.2) is 15.2 Å². The molecule has 40 heavy (non-hydrogen) atoms. The van der Waals surface area contributed by atoms with Gasteiger partial charge in [-0.05, 0) is 90.8 Å². The number of rotatable bonds is 4. The largest absolute Gasteiger partial charge is 0.287 e. The van der Waals surface area contributed by atoms with Crippen LogP contribution in [0, 0.1) is 40.7 Å². The van der Waals surface area contributed by atoms with Crippen molar-refractivity contribution in [2.24, 2.45) is 0 Å². The van der Waals surface area contributed by atoms with Crippen LogP contribution in [0.15, 0.2) is 94.7 Å².